The quantitative estimate of drug-likeness (QED) is 0.266. The van der Waals surface area contributed by atoms with Crippen molar-refractivity contribution in [1.29, 1.82) is 0 Å². The maximum Gasteiger partial charge on any atom is 0.338 e. The molecule has 1 aliphatic rings. The van der Waals surface area contributed by atoms with Crippen LogP contribution in [0.5, 0.6) is 5.75 Å². The van der Waals surface area contributed by atoms with E-state index in [9.17, 15) is 4.79 Å². The van der Waals surface area contributed by atoms with Gasteiger partial charge in [0, 0.05) is 51.3 Å². The predicted octanol–water partition coefficient (Wildman–Crippen LogP) is 5.78. The van der Waals surface area contributed by atoms with Crippen molar-refractivity contribution in [3.05, 3.63) is 53.1 Å². The molecule has 0 amide bonds. The number of rotatable bonds is 13. The molecule has 6 nitrogen and oxygen atoms in total. The molecule has 0 aromatic heterocycles. The highest BCUT2D eigenvalue weighted by atomic mass is 16.5. The lowest BCUT2D eigenvalue weighted by Crippen LogP contribution is -2.46. The van der Waals surface area contributed by atoms with Gasteiger partial charge in [-0.3, -0.25) is 0 Å². The molecule has 0 atom stereocenters. The van der Waals surface area contributed by atoms with E-state index < -0.39 is 0 Å². The third kappa shape index (κ3) is 7.89. The molecule has 35 heavy (non-hydrogen) atoms. The number of hydrogen-bond donors (Lipinski definition) is 0. The second-order valence-electron chi connectivity index (χ2n) is 9.26. The van der Waals surface area contributed by atoms with Gasteiger partial charge < -0.3 is 24.0 Å². The highest BCUT2D eigenvalue weighted by molar-refractivity contribution is 5.89. The van der Waals surface area contributed by atoms with Crippen LogP contribution in [-0.4, -0.2) is 59.1 Å². The van der Waals surface area contributed by atoms with E-state index in [0.717, 1.165) is 63.7 Å². The average molecular weight is 483 g/mol. The molecule has 192 valence electrons. The van der Waals surface area contributed by atoms with E-state index >= 15 is 0 Å². The van der Waals surface area contributed by atoms with E-state index in [-0.39, 0.29) is 5.97 Å². The first kappa shape index (κ1) is 26.9. The zero-order valence-electron chi connectivity index (χ0n) is 22.0. The standard InChI is InChI=1S/C29H42N2O4/c1-5-34-29(32)25-11-13-26(14-12-25)30-15-17-31(18-16-30)27-21-23(2)28(24(3)22-27)35-20-10-8-6-7-9-19-33-4/h11-14,21-22H,5-10,15-20H2,1-4H3. The van der Waals surface area contributed by atoms with Crippen LogP contribution in [0.15, 0.2) is 36.4 Å². The number of carbonyl (C=O) groups is 1. The Balaban J connectivity index is 1.47. The monoisotopic (exact) mass is 482 g/mol. The van der Waals surface area contributed by atoms with E-state index in [2.05, 4.69) is 35.8 Å². The van der Waals surface area contributed by atoms with Gasteiger partial charge in [-0.15, -0.1) is 0 Å². The smallest absolute Gasteiger partial charge is 0.338 e. The van der Waals surface area contributed by atoms with Crippen LogP contribution in [0, 0.1) is 13.8 Å². The fourth-order valence-electron chi connectivity index (χ4n) is 4.64. The highest BCUT2D eigenvalue weighted by Crippen LogP contribution is 2.30. The van der Waals surface area contributed by atoms with E-state index in [1.807, 2.05) is 31.2 Å². The van der Waals surface area contributed by atoms with Gasteiger partial charge >= 0.3 is 5.97 Å². The summed E-state index contributed by atoms with van der Waals surface area (Å²) >= 11 is 0. The Labute approximate surface area is 211 Å². The number of piperazine rings is 1. The van der Waals surface area contributed by atoms with Crippen LogP contribution in [0.2, 0.25) is 0 Å². The fourth-order valence-corrected chi connectivity index (χ4v) is 4.64. The Kier molecular flexibility index (Phi) is 10.7. The predicted molar refractivity (Wildman–Crippen MR) is 143 cm³/mol. The number of unbranched alkanes of at least 4 members (excludes halogenated alkanes) is 4. The maximum atomic E-state index is 11.9. The zero-order valence-corrected chi connectivity index (χ0v) is 22.0. The first-order valence-electron chi connectivity index (χ1n) is 13.0. The van der Waals surface area contributed by atoms with Crippen molar-refractivity contribution in [2.75, 3.05) is 62.9 Å². The summed E-state index contributed by atoms with van der Waals surface area (Å²) in [7, 11) is 1.76. The number of benzene rings is 2. The zero-order chi connectivity index (χ0) is 25.0. The molecular formula is C29H42N2O4. The van der Waals surface area contributed by atoms with E-state index in [0.29, 0.717) is 12.2 Å². The molecule has 1 fully saturated rings. The number of anilines is 2. The van der Waals surface area contributed by atoms with Crippen molar-refractivity contribution in [1.82, 2.24) is 0 Å². The Hall–Kier alpha value is -2.73. The molecule has 0 bridgehead atoms. The second-order valence-corrected chi connectivity index (χ2v) is 9.26. The minimum atomic E-state index is -0.264. The summed E-state index contributed by atoms with van der Waals surface area (Å²) in [5.74, 6) is 0.772. The molecule has 2 aromatic carbocycles. The summed E-state index contributed by atoms with van der Waals surface area (Å²) in [5, 5.41) is 0. The number of methoxy groups -OCH3 is 1. The van der Waals surface area contributed by atoms with Gasteiger partial charge in [0.15, 0.2) is 0 Å². The van der Waals surface area contributed by atoms with E-state index in [1.165, 1.54) is 36.1 Å². The fraction of sp³-hybridized carbons (Fsp3) is 0.552. The van der Waals surface area contributed by atoms with Crippen molar-refractivity contribution in [3.8, 4) is 5.75 Å². The molecule has 2 aromatic rings. The van der Waals surface area contributed by atoms with Crippen LogP contribution in [0.3, 0.4) is 0 Å². The summed E-state index contributed by atoms with van der Waals surface area (Å²) in [6.07, 6.45) is 5.91. The largest absolute Gasteiger partial charge is 0.493 e. The first-order chi connectivity index (χ1) is 17.0. The van der Waals surface area contributed by atoms with Gasteiger partial charge in [0.25, 0.3) is 0 Å². The molecule has 0 N–H and O–H groups in total. The van der Waals surface area contributed by atoms with E-state index in [1.54, 1.807) is 7.11 Å². The van der Waals surface area contributed by atoms with Gasteiger partial charge in [-0.1, -0.05) is 19.3 Å². The number of esters is 1. The van der Waals surface area contributed by atoms with Crippen LogP contribution < -0.4 is 14.5 Å². The maximum absolute atomic E-state index is 11.9. The number of aryl methyl sites for hydroxylation is 2. The van der Waals surface area contributed by atoms with E-state index in [4.69, 9.17) is 14.2 Å². The Morgan fingerprint density at radius 1 is 0.800 bits per heavy atom. The topological polar surface area (TPSA) is 51.2 Å². The molecule has 1 heterocycles. The summed E-state index contributed by atoms with van der Waals surface area (Å²) in [5.41, 5.74) is 5.43. The molecule has 1 saturated heterocycles. The molecular weight excluding hydrogens is 440 g/mol. The normalized spacial score (nSPS) is 13.7. The molecule has 0 aliphatic carbocycles. The molecule has 6 heteroatoms. The van der Waals surface area contributed by atoms with Crippen molar-refractivity contribution >= 4 is 17.3 Å². The van der Waals surface area contributed by atoms with Gasteiger partial charge in [-0.05, 0) is 81.1 Å². The molecule has 0 radical (unpaired) electrons. The van der Waals surface area contributed by atoms with Gasteiger partial charge in [0.05, 0.1) is 18.8 Å². The molecule has 1 aliphatic heterocycles. The lowest BCUT2D eigenvalue weighted by atomic mass is 10.1. The highest BCUT2D eigenvalue weighted by Gasteiger charge is 2.19. The minimum absolute atomic E-state index is 0.264. The Morgan fingerprint density at radius 3 is 1.91 bits per heavy atom. The number of hydrogen-bond acceptors (Lipinski definition) is 6. The number of ether oxygens (including phenoxy) is 3. The van der Waals surface area contributed by atoms with Crippen molar-refractivity contribution < 1.29 is 19.0 Å². The van der Waals surface area contributed by atoms with Crippen molar-refractivity contribution in [2.24, 2.45) is 0 Å². The third-order valence-electron chi connectivity index (χ3n) is 6.57. The van der Waals surface area contributed by atoms with Gasteiger partial charge in [-0.2, -0.15) is 0 Å². The lowest BCUT2D eigenvalue weighted by Gasteiger charge is -2.37. The average Bonchev–Trinajstić information content (AvgIpc) is 2.87. The van der Waals surface area contributed by atoms with Crippen LogP contribution in [0.1, 0.15) is 60.5 Å². The summed E-state index contributed by atoms with van der Waals surface area (Å²) < 4.78 is 16.4. The first-order valence-corrected chi connectivity index (χ1v) is 13.0. The minimum Gasteiger partial charge on any atom is -0.493 e. The molecule has 3 rings (SSSR count). The molecule has 0 unspecified atom stereocenters. The molecule has 0 spiro atoms. The van der Waals surface area contributed by atoms with Crippen molar-refractivity contribution in [2.45, 2.75) is 52.9 Å². The van der Waals surface area contributed by atoms with Crippen LogP contribution in [0.25, 0.3) is 0 Å². The summed E-state index contributed by atoms with van der Waals surface area (Å²) in [6, 6.07) is 12.3. The third-order valence-corrected chi connectivity index (χ3v) is 6.57. The number of carbonyl (C=O) groups excluding carboxylic acids is 1. The number of nitrogens with zero attached hydrogens (tertiary/aromatic N) is 2. The summed E-state index contributed by atoms with van der Waals surface area (Å²) in [6.45, 7) is 12.0. The lowest BCUT2D eigenvalue weighted by molar-refractivity contribution is 0.0526. The Morgan fingerprint density at radius 2 is 1.34 bits per heavy atom. The van der Waals surface area contributed by atoms with Crippen molar-refractivity contribution in [3.63, 3.8) is 0 Å². The second kappa shape index (κ2) is 14.0. The van der Waals surface area contributed by atoms with Crippen LogP contribution >= 0.6 is 0 Å². The SMILES string of the molecule is CCOC(=O)c1ccc(N2CCN(c3cc(C)c(OCCCCCCCOC)c(C)c3)CC2)cc1. The van der Waals surface area contributed by atoms with Gasteiger partial charge in [0.1, 0.15) is 5.75 Å². The molecule has 0 saturated carbocycles. The van der Waals surface area contributed by atoms with Crippen LogP contribution in [-0.2, 0) is 9.47 Å². The Bertz CT molecular complexity index is 898. The van der Waals surface area contributed by atoms with Crippen LogP contribution in [0.4, 0.5) is 11.4 Å². The summed E-state index contributed by atoms with van der Waals surface area (Å²) in [4.78, 5) is 16.7. The van der Waals surface area contributed by atoms with Gasteiger partial charge in [0.2, 0.25) is 0 Å². The van der Waals surface area contributed by atoms with Gasteiger partial charge in [-0.25, -0.2) is 4.79 Å².